The van der Waals surface area contributed by atoms with E-state index in [0.717, 1.165) is 12.8 Å². The number of hydrogen-bond donors (Lipinski definition) is 0. The van der Waals surface area contributed by atoms with Gasteiger partial charge in [0, 0.05) is 32.5 Å². The number of ether oxygens (including phenoxy) is 4. The van der Waals surface area contributed by atoms with E-state index in [1.54, 1.807) is 11.7 Å². The molecule has 0 radical (unpaired) electrons. The van der Waals surface area contributed by atoms with Crippen LogP contribution in [0.2, 0.25) is 5.02 Å². The monoisotopic (exact) mass is 567 g/mol. The zero-order valence-electron chi connectivity index (χ0n) is 21.7. The second-order valence-corrected chi connectivity index (χ2v) is 11.6. The number of rotatable bonds is 11. The average molecular weight is 568 g/mol. The highest BCUT2D eigenvalue weighted by Gasteiger charge is 2.37. The Bertz CT molecular complexity index is 1330. The quantitative estimate of drug-likeness (QED) is 0.334. The Morgan fingerprint density at radius 1 is 1.03 bits per heavy atom. The summed E-state index contributed by atoms with van der Waals surface area (Å²) in [5, 5.41) is 8.04. The number of aromatic nitrogens is 7. The van der Waals surface area contributed by atoms with Crippen molar-refractivity contribution in [3.8, 4) is 17.4 Å². The molecule has 0 aliphatic heterocycles. The Kier molecular flexibility index (Phi) is 8.75. The first-order valence-corrected chi connectivity index (χ1v) is 13.9. The van der Waals surface area contributed by atoms with E-state index in [1.165, 1.54) is 47.0 Å². The Balaban J connectivity index is 1.78. The largest absolute Gasteiger partial charge is 0.479 e. The molecular formula is C23H30ClN7O6S. The van der Waals surface area contributed by atoms with Gasteiger partial charge >= 0.3 is 0 Å². The van der Waals surface area contributed by atoms with E-state index >= 15 is 0 Å². The zero-order valence-corrected chi connectivity index (χ0v) is 23.3. The van der Waals surface area contributed by atoms with Gasteiger partial charge in [0.1, 0.15) is 24.0 Å². The van der Waals surface area contributed by atoms with Crippen LogP contribution in [0.5, 0.6) is 11.8 Å². The lowest BCUT2D eigenvalue weighted by molar-refractivity contribution is 0.0948. The minimum Gasteiger partial charge on any atom is -0.479 e. The van der Waals surface area contributed by atoms with E-state index in [0.29, 0.717) is 23.0 Å². The van der Waals surface area contributed by atoms with Crippen LogP contribution in [0.4, 0.5) is 0 Å². The van der Waals surface area contributed by atoms with Gasteiger partial charge in [0.25, 0.3) is 0 Å². The molecule has 3 aromatic heterocycles. The van der Waals surface area contributed by atoms with Crippen LogP contribution >= 0.6 is 11.6 Å². The van der Waals surface area contributed by atoms with Crippen LogP contribution in [0.3, 0.4) is 0 Å². The van der Waals surface area contributed by atoms with Crippen molar-refractivity contribution in [3.63, 3.8) is 0 Å². The fraction of sp³-hybridized carbons (Fsp3) is 0.565. The predicted molar refractivity (Wildman–Crippen MR) is 136 cm³/mol. The molecule has 0 aromatic carbocycles. The van der Waals surface area contributed by atoms with Crippen LogP contribution in [0.25, 0.3) is 5.69 Å². The lowest BCUT2D eigenvalue weighted by Crippen LogP contribution is -2.30. The van der Waals surface area contributed by atoms with Crippen LogP contribution in [0.15, 0.2) is 18.7 Å². The standard InChI is InChI=1S/C23H30ClN7O6S/c1-13(19(35-3)20-25-9-15(24)10-26-20)38(32,33)11-17-29-30-21(14-6-7-16(8-14)34-2)31(17)18-22(36-4)27-12-28-23(18)37-5/h9-10,12-14,16,19H,6-8,11H2,1-5H3/t13-,14+,16-,19-/m0/s1. The van der Waals surface area contributed by atoms with Gasteiger partial charge in [-0.2, -0.15) is 9.97 Å². The normalized spacial score (nSPS) is 19.3. The van der Waals surface area contributed by atoms with E-state index in [-0.39, 0.29) is 35.4 Å². The zero-order chi connectivity index (χ0) is 27.4. The maximum atomic E-state index is 13.7. The fourth-order valence-corrected chi connectivity index (χ4v) is 6.15. The van der Waals surface area contributed by atoms with Gasteiger partial charge in [-0.15, -0.1) is 10.2 Å². The lowest BCUT2D eigenvalue weighted by atomic mass is 10.1. The molecule has 3 aromatic rings. The summed E-state index contributed by atoms with van der Waals surface area (Å²) in [6, 6.07) is 0. The molecule has 0 N–H and O–H groups in total. The molecule has 13 nitrogen and oxygen atoms in total. The number of sulfone groups is 1. The van der Waals surface area contributed by atoms with E-state index < -0.39 is 26.9 Å². The minimum atomic E-state index is -3.89. The smallest absolute Gasteiger partial charge is 0.245 e. The Morgan fingerprint density at radius 2 is 1.68 bits per heavy atom. The summed E-state index contributed by atoms with van der Waals surface area (Å²) in [5.41, 5.74) is 0.320. The molecule has 38 heavy (non-hydrogen) atoms. The van der Waals surface area contributed by atoms with E-state index in [1.807, 2.05) is 0 Å². The molecule has 4 atom stereocenters. The van der Waals surface area contributed by atoms with Gasteiger partial charge in [0.05, 0.1) is 30.6 Å². The van der Waals surface area contributed by atoms with Gasteiger partial charge in [0.2, 0.25) is 11.8 Å². The van der Waals surface area contributed by atoms with E-state index in [4.69, 9.17) is 30.5 Å². The molecular weight excluding hydrogens is 538 g/mol. The SMILES string of the molecule is COc1ncnc(OC)c1-n1c(CS(=O)(=O)[C@@H](C)[C@H](OC)c2ncc(Cl)cn2)nnc1[C@@H]1CC[C@H](OC)C1. The molecule has 0 amide bonds. The van der Waals surface area contributed by atoms with Gasteiger partial charge < -0.3 is 18.9 Å². The first-order valence-electron chi connectivity index (χ1n) is 11.9. The van der Waals surface area contributed by atoms with Crippen molar-refractivity contribution in [2.24, 2.45) is 0 Å². The van der Waals surface area contributed by atoms with Crippen molar-refractivity contribution in [2.45, 2.75) is 55.3 Å². The molecule has 0 unspecified atom stereocenters. The van der Waals surface area contributed by atoms with E-state index in [9.17, 15) is 8.42 Å². The topological polar surface area (TPSA) is 153 Å². The number of hydrogen-bond acceptors (Lipinski definition) is 12. The number of nitrogens with zero attached hydrogens (tertiary/aromatic N) is 7. The molecule has 1 aliphatic rings. The summed E-state index contributed by atoms with van der Waals surface area (Å²) in [6.45, 7) is 1.54. The summed E-state index contributed by atoms with van der Waals surface area (Å²) in [6.07, 6.45) is 5.55. The maximum Gasteiger partial charge on any atom is 0.245 e. The molecule has 0 bridgehead atoms. The Hall–Kier alpha value is -2.94. The van der Waals surface area contributed by atoms with Gasteiger partial charge in [-0.1, -0.05) is 11.6 Å². The fourth-order valence-electron chi connectivity index (χ4n) is 4.63. The van der Waals surface area contributed by atoms with Crippen LogP contribution in [-0.2, 0) is 25.1 Å². The van der Waals surface area contributed by atoms with Crippen LogP contribution in [0.1, 0.15) is 55.7 Å². The second kappa shape index (κ2) is 11.8. The van der Waals surface area contributed by atoms with Crippen molar-refractivity contribution < 1.29 is 27.4 Å². The number of methoxy groups -OCH3 is 4. The lowest BCUT2D eigenvalue weighted by Gasteiger charge is -2.22. The minimum absolute atomic E-state index is 0.0369. The van der Waals surface area contributed by atoms with Crippen molar-refractivity contribution >= 4 is 21.4 Å². The Labute approximate surface area is 225 Å². The van der Waals surface area contributed by atoms with Crippen LogP contribution in [-0.4, -0.2) is 82.9 Å². The molecule has 4 rings (SSSR count). The third-order valence-electron chi connectivity index (χ3n) is 6.68. The Morgan fingerprint density at radius 3 is 2.24 bits per heavy atom. The molecule has 1 fully saturated rings. The van der Waals surface area contributed by atoms with Crippen molar-refractivity contribution in [1.29, 1.82) is 0 Å². The average Bonchev–Trinajstić information content (AvgIpc) is 3.56. The first-order chi connectivity index (χ1) is 18.2. The molecule has 1 saturated carbocycles. The van der Waals surface area contributed by atoms with Crippen LogP contribution < -0.4 is 9.47 Å². The van der Waals surface area contributed by atoms with Crippen molar-refractivity contribution in [1.82, 2.24) is 34.7 Å². The van der Waals surface area contributed by atoms with Crippen molar-refractivity contribution in [3.05, 3.63) is 41.2 Å². The molecule has 15 heteroatoms. The summed E-state index contributed by atoms with van der Waals surface area (Å²) < 4.78 is 51.1. The van der Waals surface area contributed by atoms with Gasteiger partial charge in [-0.3, -0.25) is 4.57 Å². The first kappa shape index (κ1) is 28.1. The highest BCUT2D eigenvalue weighted by Crippen LogP contribution is 2.39. The highest BCUT2D eigenvalue weighted by atomic mass is 35.5. The van der Waals surface area contributed by atoms with Crippen LogP contribution in [0, 0.1) is 0 Å². The van der Waals surface area contributed by atoms with E-state index in [2.05, 4.69) is 30.1 Å². The molecule has 3 heterocycles. The maximum absolute atomic E-state index is 13.7. The van der Waals surface area contributed by atoms with Crippen molar-refractivity contribution in [2.75, 3.05) is 28.4 Å². The molecule has 206 valence electrons. The number of halogens is 1. The molecule has 0 spiro atoms. The summed E-state index contributed by atoms with van der Waals surface area (Å²) in [7, 11) is 2.10. The predicted octanol–water partition coefficient (Wildman–Crippen LogP) is 2.49. The molecule has 0 saturated heterocycles. The van der Waals surface area contributed by atoms with Gasteiger partial charge in [-0.25, -0.2) is 18.4 Å². The van der Waals surface area contributed by atoms with Gasteiger partial charge in [-0.05, 0) is 26.2 Å². The summed E-state index contributed by atoms with van der Waals surface area (Å²) in [5.74, 6) is 0.794. The summed E-state index contributed by atoms with van der Waals surface area (Å²) in [4.78, 5) is 16.7. The second-order valence-electron chi connectivity index (χ2n) is 8.85. The third kappa shape index (κ3) is 5.58. The molecule has 1 aliphatic carbocycles. The summed E-state index contributed by atoms with van der Waals surface area (Å²) >= 11 is 5.90. The van der Waals surface area contributed by atoms with Gasteiger partial charge in [0.15, 0.2) is 27.2 Å². The third-order valence-corrected chi connectivity index (χ3v) is 8.91. The highest BCUT2D eigenvalue weighted by molar-refractivity contribution is 7.91.